The van der Waals surface area contributed by atoms with E-state index in [-0.39, 0.29) is 5.41 Å². The highest BCUT2D eigenvalue weighted by atomic mass is 16.5. The van der Waals surface area contributed by atoms with Crippen molar-refractivity contribution >= 4 is 21.7 Å². The average Bonchev–Trinajstić information content (AvgIpc) is 3.49. The van der Waals surface area contributed by atoms with Crippen molar-refractivity contribution in [2.45, 2.75) is 19.3 Å². The molecule has 1 aliphatic carbocycles. The number of hydrogen-bond acceptors (Lipinski definition) is 4. The molecule has 0 fully saturated rings. The van der Waals surface area contributed by atoms with Gasteiger partial charge in [0.25, 0.3) is 0 Å². The van der Waals surface area contributed by atoms with E-state index in [1.165, 1.54) is 33.0 Å². The van der Waals surface area contributed by atoms with Gasteiger partial charge in [0.1, 0.15) is 11.5 Å². The fourth-order valence-corrected chi connectivity index (χ4v) is 8.07. The summed E-state index contributed by atoms with van der Waals surface area (Å²) in [5.74, 6) is 2.20. The third-order valence-electron chi connectivity index (χ3n) is 10.5. The SMILES string of the molecule is CC1(C)c2ccc(C#N)cc2Oc2c(-c3cccc(-c4nc(-c5ccc6c7c(cccc57)-c5ccccc5-6)c5ccccc5n4)c3)cccc21. The van der Waals surface area contributed by atoms with Crippen molar-refractivity contribution in [1.29, 1.82) is 5.26 Å². The van der Waals surface area contributed by atoms with E-state index in [2.05, 4.69) is 135 Å². The van der Waals surface area contributed by atoms with Crippen LogP contribution >= 0.6 is 0 Å². The van der Waals surface area contributed by atoms with E-state index in [9.17, 15) is 5.26 Å². The van der Waals surface area contributed by atoms with E-state index in [4.69, 9.17) is 14.7 Å². The molecule has 4 nitrogen and oxygen atoms in total. The highest BCUT2D eigenvalue weighted by Gasteiger charge is 2.35. The molecule has 0 saturated carbocycles. The van der Waals surface area contributed by atoms with Crippen LogP contribution in [0.3, 0.4) is 0 Å². The van der Waals surface area contributed by atoms with Crippen molar-refractivity contribution in [1.82, 2.24) is 9.97 Å². The Bertz CT molecular complexity index is 2760. The van der Waals surface area contributed by atoms with Gasteiger partial charge in [-0.05, 0) is 62.9 Å². The van der Waals surface area contributed by atoms with Gasteiger partial charge in [-0.1, -0.05) is 129 Å². The second-order valence-electron chi connectivity index (χ2n) is 13.7. The lowest BCUT2D eigenvalue weighted by Gasteiger charge is -2.35. The zero-order valence-corrected chi connectivity index (χ0v) is 27.5. The average molecular weight is 640 g/mol. The van der Waals surface area contributed by atoms with Crippen LogP contribution in [-0.2, 0) is 5.41 Å². The molecule has 1 aromatic heterocycles. The lowest BCUT2D eigenvalue weighted by Crippen LogP contribution is -2.24. The quantitative estimate of drug-likeness (QED) is 0.193. The monoisotopic (exact) mass is 639 g/mol. The third-order valence-corrected chi connectivity index (χ3v) is 10.5. The van der Waals surface area contributed by atoms with Crippen molar-refractivity contribution in [3.63, 3.8) is 0 Å². The minimum absolute atomic E-state index is 0.304. The van der Waals surface area contributed by atoms with Crippen LogP contribution in [0.1, 0.15) is 30.5 Å². The topological polar surface area (TPSA) is 58.8 Å². The predicted molar refractivity (Wildman–Crippen MR) is 201 cm³/mol. The van der Waals surface area contributed by atoms with Crippen molar-refractivity contribution in [3.05, 3.63) is 156 Å². The summed E-state index contributed by atoms with van der Waals surface area (Å²) < 4.78 is 6.63. The number of benzene rings is 7. The highest BCUT2D eigenvalue weighted by molar-refractivity contribution is 6.19. The van der Waals surface area contributed by atoms with Crippen LogP contribution in [0.4, 0.5) is 0 Å². The molecule has 4 heteroatoms. The van der Waals surface area contributed by atoms with Crippen LogP contribution in [0.5, 0.6) is 11.5 Å². The van der Waals surface area contributed by atoms with Crippen LogP contribution in [0.25, 0.3) is 77.7 Å². The molecule has 0 spiro atoms. The van der Waals surface area contributed by atoms with Crippen LogP contribution in [-0.4, -0.2) is 9.97 Å². The van der Waals surface area contributed by atoms with Crippen molar-refractivity contribution in [2.75, 3.05) is 0 Å². The van der Waals surface area contributed by atoms with Crippen LogP contribution < -0.4 is 4.74 Å². The van der Waals surface area contributed by atoms with Gasteiger partial charge in [-0.25, -0.2) is 9.97 Å². The van der Waals surface area contributed by atoms with Gasteiger partial charge in [-0.3, -0.25) is 0 Å². The standard InChI is InChI=1S/C46H29N3O/c1-46(2)38-23-20-27(26-47)24-41(38)50-44-30(15-9-18-39(44)46)28-10-7-11-29(25-28)45-48-40-19-6-5-14-37(40)43(49-45)36-22-21-35-32-13-4-3-12-31(32)33-16-8-17-34(36)42(33)35/h3-25H,1-2H3. The third kappa shape index (κ3) is 4.04. The van der Waals surface area contributed by atoms with Crippen molar-refractivity contribution in [3.8, 4) is 73.6 Å². The molecule has 2 aliphatic rings. The predicted octanol–water partition coefficient (Wildman–Crippen LogP) is 11.7. The Balaban J connectivity index is 1.13. The number of ether oxygens (including phenoxy) is 1. The number of para-hydroxylation sites is 2. The van der Waals surface area contributed by atoms with Gasteiger partial charge in [0, 0.05) is 38.6 Å². The number of rotatable bonds is 3. The molecule has 0 unspecified atom stereocenters. The van der Waals surface area contributed by atoms with Crippen molar-refractivity contribution in [2.24, 2.45) is 0 Å². The van der Waals surface area contributed by atoms with Gasteiger partial charge < -0.3 is 4.74 Å². The Hall–Kier alpha value is -6.57. The number of fused-ring (bicyclic) bond motifs is 6. The number of nitrogens with zero attached hydrogens (tertiary/aromatic N) is 3. The van der Waals surface area contributed by atoms with Gasteiger partial charge in [0.05, 0.1) is 22.8 Å². The van der Waals surface area contributed by atoms with E-state index < -0.39 is 0 Å². The van der Waals surface area contributed by atoms with E-state index in [1.807, 2.05) is 24.3 Å². The normalized spacial score (nSPS) is 13.3. The molecule has 8 aromatic rings. The molecular weight excluding hydrogens is 611 g/mol. The minimum Gasteiger partial charge on any atom is -0.456 e. The zero-order chi connectivity index (χ0) is 33.6. The summed E-state index contributed by atoms with van der Waals surface area (Å²) in [5.41, 5.74) is 13.4. The van der Waals surface area contributed by atoms with Gasteiger partial charge >= 0.3 is 0 Å². The lowest BCUT2D eigenvalue weighted by molar-refractivity contribution is 0.419. The molecule has 234 valence electrons. The Morgan fingerprint density at radius 1 is 0.560 bits per heavy atom. The fraction of sp³-hybridized carbons (Fsp3) is 0.0652. The maximum Gasteiger partial charge on any atom is 0.160 e. The van der Waals surface area contributed by atoms with Gasteiger partial charge in [-0.2, -0.15) is 5.26 Å². The van der Waals surface area contributed by atoms with Gasteiger partial charge in [0.15, 0.2) is 5.82 Å². The summed E-state index contributed by atoms with van der Waals surface area (Å²) in [7, 11) is 0. The first-order valence-electron chi connectivity index (χ1n) is 16.9. The van der Waals surface area contributed by atoms with Crippen LogP contribution in [0, 0.1) is 11.3 Å². The maximum atomic E-state index is 9.59. The minimum atomic E-state index is -0.304. The van der Waals surface area contributed by atoms with E-state index in [0.717, 1.165) is 61.5 Å². The summed E-state index contributed by atoms with van der Waals surface area (Å²) >= 11 is 0. The molecule has 50 heavy (non-hydrogen) atoms. The highest BCUT2D eigenvalue weighted by Crippen LogP contribution is 2.52. The second-order valence-corrected chi connectivity index (χ2v) is 13.7. The molecule has 0 N–H and O–H groups in total. The van der Waals surface area contributed by atoms with Gasteiger partial charge in [-0.15, -0.1) is 0 Å². The molecule has 0 amide bonds. The number of hydrogen-bond donors (Lipinski definition) is 0. The Morgan fingerprint density at radius 3 is 2.10 bits per heavy atom. The molecular formula is C46H29N3O. The molecule has 0 bridgehead atoms. The summed E-state index contributed by atoms with van der Waals surface area (Å²) in [6.07, 6.45) is 0. The first kappa shape index (κ1) is 28.4. The van der Waals surface area contributed by atoms with Crippen molar-refractivity contribution < 1.29 is 4.74 Å². The van der Waals surface area contributed by atoms with Crippen LogP contribution in [0.15, 0.2) is 140 Å². The van der Waals surface area contributed by atoms with Gasteiger partial charge in [0.2, 0.25) is 0 Å². The van der Waals surface area contributed by atoms with E-state index in [1.54, 1.807) is 0 Å². The largest absolute Gasteiger partial charge is 0.456 e. The van der Waals surface area contributed by atoms with E-state index >= 15 is 0 Å². The lowest BCUT2D eigenvalue weighted by atomic mass is 9.74. The second kappa shape index (κ2) is 10.5. The molecule has 7 aromatic carbocycles. The molecule has 0 radical (unpaired) electrons. The molecule has 10 rings (SSSR count). The molecule has 0 atom stereocenters. The Kier molecular flexibility index (Phi) is 5.95. The first-order valence-corrected chi connectivity index (χ1v) is 16.9. The first-order chi connectivity index (χ1) is 24.5. The van der Waals surface area contributed by atoms with Crippen LogP contribution in [0.2, 0.25) is 0 Å². The van der Waals surface area contributed by atoms with E-state index in [0.29, 0.717) is 11.4 Å². The Labute approximate surface area is 289 Å². The number of aromatic nitrogens is 2. The smallest absolute Gasteiger partial charge is 0.160 e. The molecule has 0 saturated heterocycles. The zero-order valence-electron chi connectivity index (χ0n) is 27.5. The molecule has 2 heterocycles. The fourth-order valence-electron chi connectivity index (χ4n) is 8.07. The summed E-state index contributed by atoms with van der Waals surface area (Å²) in [6.45, 7) is 4.42. The summed E-state index contributed by atoms with van der Waals surface area (Å²) in [4.78, 5) is 10.5. The Morgan fingerprint density at radius 2 is 1.24 bits per heavy atom. The summed E-state index contributed by atoms with van der Waals surface area (Å²) in [6, 6.07) is 50.8. The number of nitriles is 1. The summed E-state index contributed by atoms with van der Waals surface area (Å²) in [5, 5.41) is 13.1. The molecule has 1 aliphatic heterocycles. The maximum absolute atomic E-state index is 9.59.